The first-order valence-electron chi connectivity index (χ1n) is 11.3. The zero-order valence-corrected chi connectivity index (χ0v) is 18.4. The number of guanidine groups is 1. The van der Waals surface area contributed by atoms with Crippen molar-refractivity contribution in [2.75, 3.05) is 52.5 Å². The summed E-state index contributed by atoms with van der Waals surface area (Å²) in [6, 6.07) is 8.58. The number of piperidine rings is 1. The van der Waals surface area contributed by atoms with Crippen LogP contribution < -0.4 is 5.32 Å². The van der Waals surface area contributed by atoms with Crippen LogP contribution in [0.25, 0.3) is 0 Å². The molecule has 1 N–H and O–H groups in total. The van der Waals surface area contributed by atoms with Crippen molar-refractivity contribution in [3.8, 4) is 0 Å². The fourth-order valence-electron chi connectivity index (χ4n) is 4.04. The third-order valence-corrected chi connectivity index (χ3v) is 5.76. The molecule has 1 aromatic carbocycles. The molecule has 7 heteroatoms. The van der Waals surface area contributed by atoms with Crippen molar-refractivity contribution < 1.29 is 14.3 Å². The Hall–Kier alpha value is -2.12. The van der Waals surface area contributed by atoms with Crippen LogP contribution >= 0.6 is 0 Å². The molecule has 0 unspecified atom stereocenters. The van der Waals surface area contributed by atoms with Crippen molar-refractivity contribution in [1.82, 2.24) is 15.1 Å². The Morgan fingerprint density at radius 1 is 1.13 bits per heavy atom. The number of esters is 1. The van der Waals surface area contributed by atoms with Crippen molar-refractivity contribution in [2.24, 2.45) is 10.9 Å². The van der Waals surface area contributed by atoms with E-state index in [0.29, 0.717) is 13.2 Å². The van der Waals surface area contributed by atoms with Gasteiger partial charge in [-0.25, -0.2) is 4.99 Å². The largest absolute Gasteiger partial charge is 0.466 e. The number of hydrogen-bond acceptors (Lipinski definition) is 5. The van der Waals surface area contributed by atoms with Crippen molar-refractivity contribution in [3.63, 3.8) is 0 Å². The number of aliphatic imine (C=N–C) groups is 1. The maximum atomic E-state index is 12.0. The predicted octanol–water partition coefficient (Wildman–Crippen LogP) is 2.26. The highest BCUT2D eigenvalue weighted by atomic mass is 16.5. The number of nitrogens with zero attached hydrogens (tertiary/aromatic N) is 3. The Labute approximate surface area is 180 Å². The van der Waals surface area contributed by atoms with Crippen LogP contribution in [0.3, 0.4) is 0 Å². The second-order valence-electron chi connectivity index (χ2n) is 7.84. The lowest BCUT2D eigenvalue weighted by atomic mass is 9.97. The average Bonchev–Trinajstić information content (AvgIpc) is 2.78. The van der Waals surface area contributed by atoms with Gasteiger partial charge in [-0.3, -0.25) is 9.69 Å². The Kier molecular flexibility index (Phi) is 8.96. The number of carbonyl (C=O) groups is 1. The molecule has 166 valence electrons. The second-order valence-corrected chi connectivity index (χ2v) is 7.84. The van der Waals surface area contributed by atoms with Gasteiger partial charge in [0.2, 0.25) is 0 Å². The van der Waals surface area contributed by atoms with E-state index in [1.165, 1.54) is 11.1 Å². The first-order chi connectivity index (χ1) is 14.7. The summed E-state index contributed by atoms with van der Waals surface area (Å²) < 4.78 is 10.7. The van der Waals surface area contributed by atoms with Crippen LogP contribution in [0, 0.1) is 5.92 Å². The molecule has 0 bridgehead atoms. The molecule has 2 aliphatic rings. The van der Waals surface area contributed by atoms with Gasteiger partial charge in [0.15, 0.2) is 5.96 Å². The molecule has 0 atom stereocenters. The van der Waals surface area contributed by atoms with Gasteiger partial charge in [0.25, 0.3) is 0 Å². The fraction of sp³-hybridized carbons (Fsp3) is 0.652. The van der Waals surface area contributed by atoms with Crippen molar-refractivity contribution in [3.05, 3.63) is 35.4 Å². The molecule has 1 aromatic rings. The molecule has 2 aliphatic heterocycles. The molecule has 2 heterocycles. The molecule has 0 radical (unpaired) electrons. The van der Waals surface area contributed by atoms with E-state index in [9.17, 15) is 4.79 Å². The van der Waals surface area contributed by atoms with E-state index in [-0.39, 0.29) is 11.9 Å². The van der Waals surface area contributed by atoms with E-state index in [4.69, 9.17) is 14.5 Å². The Bertz CT molecular complexity index is 695. The monoisotopic (exact) mass is 416 g/mol. The van der Waals surface area contributed by atoms with E-state index in [1.807, 2.05) is 6.92 Å². The smallest absolute Gasteiger partial charge is 0.309 e. The summed E-state index contributed by atoms with van der Waals surface area (Å²) >= 11 is 0. The summed E-state index contributed by atoms with van der Waals surface area (Å²) in [4.78, 5) is 21.7. The Morgan fingerprint density at radius 3 is 2.50 bits per heavy atom. The third-order valence-electron chi connectivity index (χ3n) is 5.76. The van der Waals surface area contributed by atoms with E-state index in [2.05, 4.69) is 46.3 Å². The highest BCUT2D eigenvalue weighted by Crippen LogP contribution is 2.19. The summed E-state index contributed by atoms with van der Waals surface area (Å²) in [5.74, 6) is 0.885. The third kappa shape index (κ3) is 6.44. The van der Waals surface area contributed by atoms with E-state index < -0.39 is 0 Å². The maximum Gasteiger partial charge on any atom is 0.309 e. The van der Waals surface area contributed by atoms with Crippen LogP contribution in [0.4, 0.5) is 0 Å². The summed E-state index contributed by atoms with van der Waals surface area (Å²) in [5.41, 5.74) is 2.60. The van der Waals surface area contributed by atoms with Gasteiger partial charge in [-0.2, -0.15) is 0 Å². The van der Waals surface area contributed by atoms with Gasteiger partial charge in [0.05, 0.1) is 32.3 Å². The van der Waals surface area contributed by atoms with Crippen LogP contribution in [0.15, 0.2) is 29.3 Å². The van der Waals surface area contributed by atoms with Gasteiger partial charge < -0.3 is 19.7 Å². The Balaban J connectivity index is 1.62. The van der Waals surface area contributed by atoms with Gasteiger partial charge in [0.1, 0.15) is 0 Å². The highest BCUT2D eigenvalue weighted by Gasteiger charge is 2.27. The highest BCUT2D eigenvalue weighted by molar-refractivity contribution is 5.80. The number of nitrogens with one attached hydrogen (secondary N) is 1. The normalized spacial score (nSPS) is 19.0. The zero-order chi connectivity index (χ0) is 21.2. The van der Waals surface area contributed by atoms with E-state index >= 15 is 0 Å². The van der Waals surface area contributed by atoms with Gasteiger partial charge in [-0.15, -0.1) is 0 Å². The summed E-state index contributed by atoms with van der Waals surface area (Å²) in [6.45, 7) is 12.1. The quantitative estimate of drug-likeness (QED) is 0.418. The number of likely N-dealkylation sites (tertiary alicyclic amines) is 1. The lowest BCUT2D eigenvalue weighted by Crippen LogP contribution is -2.46. The maximum absolute atomic E-state index is 12.0. The van der Waals surface area contributed by atoms with Crippen LogP contribution in [-0.4, -0.2) is 74.3 Å². The molecule has 3 rings (SSSR count). The molecule has 0 aliphatic carbocycles. The molecule has 7 nitrogen and oxygen atoms in total. The van der Waals surface area contributed by atoms with Crippen LogP contribution in [0.5, 0.6) is 0 Å². The van der Waals surface area contributed by atoms with Crippen LogP contribution in [0.2, 0.25) is 0 Å². The summed E-state index contributed by atoms with van der Waals surface area (Å²) in [6.07, 6.45) is 1.63. The van der Waals surface area contributed by atoms with E-state index in [0.717, 1.165) is 71.3 Å². The lowest BCUT2D eigenvalue weighted by Gasteiger charge is -2.33. The van der Waals surface area contributed by atoms with Crippen molar-refractivity contribution in [1.29, 1.82) is 0 Å². The van der Waals surface area contributed by atoms with Crippen molar-refractivity contribution in [2.45, 2.75) is 39.8 Å². The van der Waals surface area contributed by atoms with Crippen LogP contribution in [0.1, 0.15) is 37.8 Å². The summed E-state index contributed by atoms with van der Waals surface area (Å²) in [7, 11) is 0. The van der Waals surface area contributed by atoms with Gasteiger partial charge in [0, 0.05) is 39.3 Å². The van der Waals surface area contributed by atoms with Crippen molar-refractivity contribution >= 4 is 11.9 Å². The number of rotatable bonds is 7. The molecular weight excluding hydrogens is 380 g/mol. The Morgan fingerprint density at radius 2 is 1.83 bits per heavy atom. The molecule has 0 amide bonds. The number of carbonyl (C=O) groups excluding carboxylic acids is 1. The molecule has 30 heavy (non-hydrogen) atoms. The van der Waals surface area contributed by atoms with Gasteiger partial charge in [-0.1, -0.05) is 24.3 Å². The molecule has 2 saturated heterocycles. The molecule has 2 fully saturated rings. The standard InChI is InChI=1S/C23H36N4O3/c1-3-24-23(27-11-9-19(10-12-27)22(28)30-4-2)25-17-20-7-5-6-8-21(20)18-26-13-15-29-16-14-26/h5-8,19H,3-4,9-18H2,1-2H3,(H,24,25). The minimum absolute atomic E-state index is 0.0123. The summed E-state index contributed by atoms with van der Waals surface area (Å²) in [5, 5.41) is 3.43. The fourth-order valence-corrected chi connectivity index (χ4v) is 4.04. The number of hydrogen-bond donors (Lipinski definition) is 1. The zero-order valence-electron chi connectivity index (χ0n) is 18.4. The molecule has 0 saturated carbocycles. The topological polar surface area (TPSA) is 66.4 Å². The average molecular weight is 417 g/mol. The second kappa shape index (κ2) is 11.9. The first kappa shape index (κ1) is 22.6. The number of ether oxygens (including phenoxy) is 2. The number of benzene rings is 1. The predicted molar refractivity (Wildman–Crippen MR) is 118 cm³/mol. The SMILES string of the molecule is CCNC(=NCc1ccccc1CN1CCOCC1)N1CCC(C(=O)OCC)CC1. The first-order valence-corrected chi connectivity index (χ1v) is 11.3. The van der Waals surface area contributed by atoms with E-state index in [1.54, 1.807) is 0 Å². The molecule has 0 spiro atoms. The number of morpholine rings is 1. The molecule has 0 aromatic heterocycles. The minimum atomic E-state index is -0.0591. The minimum Gasteiger partial charge on any atom is -0.466 e. The molecular formula is C23H36N4O3. The van der Waals surface area contributed by atoms with Gasteiger partial charge >= 0.3 is 5.97 Å². The lowest BCUT2D eigenvalue weighted by molar-refractivity contribution is -0.149. The van der Waals surface area contributed by atoms with Gasteiger partial charge in [-0.05, 0) is 37.8 Å². The van der Waals surface area contributed by atoms with Crippen LogP contribution in [-0.2, 0) is 27.4 Å².